The molecule has 0 amide bonds. The first-order chi connectivity index (χ1) is 6.91. The van der Waals surface area contributed by atoms with Crippen molar-refractivity contribution in [1.82, 2.24) is 0 Å². The molecule has 0 N–H and O–H groups in total. The van der Waals surface area contributed by atoms with E-state index >= 15 is 0 Å². The summed E-state index contributed by atoms with van der Waals surface area (Å²) in [4.78, 5) is 11.0. The van der Waals surface area contributed by atoms with Gasteiger partial charge in [0, 0.05) is 11.1 Å². The van der Waals surface area contributed by atoms with Crippen LogP contribution in [0.25, 0.3) is 0 Å². The van der Waals surface area contributed by atoms with Crippen molar-refractivity contribution in [2.75, 3.05) is 7.11 Å². The molecule has 0 spiro atoms. The molecule has 0 aliphatic rings. The van der Waals surface area contributed by atoms with E-state index in [9.17, 15) is 4.79 Å². The number of carbonyl (C=O) groups excluding carboxylic acids is 1. The Hall–Kier alpha value is -0.580. The molecule has 0 fully saturated rings. The van der Waals surface area contributed by atoms with Gasteiger partial charge in [0.05, 0.1) is 10.7 Å². The van der Waals surface area contributed by atoms with Gasteiger partial charge in [-0.25, -0.2) is 0 Å². The number of carbonyl (C=O) groups is 1. The summed E-state index contributed by atoms with van der Waals surface area (Å²) < 4.78 is 6.41. The van der Waals surface area contributed by atoms with Gasteiger partial charge in [-0.05, 0) is 34.1 Å². The minimum absolute atomic E-state index is 0.0945. The summed E-state index contributed by atoms with van der Waals surface area (Å²) in [5.74, 6) is 0.813. The van der Waals surface area contributed by atoms with Crippen LogP contribution in [-0.2, 0) is 5.41 Å². The van der Waals surface area contributed by atoms with Gasteiger partial charge in [0.2, 0.25) is 0 Å². The minimum Gasteiger partial charge on any atom is -0.495 e. The van der Waals surface area contributed by atoms with Gasteiger partial charge in [-0.2, -0.15) is 0 Å². The Bertz CT molecular complexity index is 378. The highest BCUT2D eigenvalue weighted by atomic mass is 127. The van der Waals surface area contributed by atoms with E-state index in [1.165, 1.54) is 0 Å². The molecule has 0 aromatic heterocycles. The van der Waals surface area contributed by atoms with E-state index in [2.05, 4.69) is 43.4 Å². The van der Waals surface area contributed by atoms with Crippen LogP contribution in [-0.4, -0.2) is 13.4 Å². The number of ether oxygens (including phenoxy) is 1. The van der Waals surface area contributed by atoms with E-state index in [1.807, 2.05) is 12.1 Å². The topological polar surface area (TPSA) is 26.3 Å². The number of aldehydes is 1. The summed E-state index contributed by atoms with van der Waals surface area (Å²) in [6.07, 6.45) is 0.888. The van der Waals surface area contributed by atoms with E-state index in [1.54, 1.807) is 7.11 Å². The molecule has 2 nitrogen and oxygen atoms in total. The third-order valence-electron chi connectivity index (χ3n) is 2.22. The van der Waals surface area contributed by atoms with Crippen molar-refractivity contribution in [3.05, 3.63) is 26.8 Å². The molecule has 82 valence electrons. The van der Waals surface area contributed by atoms with E-state index in [0.29, 0.717) is 5.56 Å². The quantitative estimate of drug-likeness (QED) is 0.617. The Labute approximate surface area is 104 Å². The van der Waals surface area contributed by atoms with Gasteiger partial charge in [-0.3, -0.25) is 4.79 Å². The molecule has 0 heterocycles. The van der Waals surface area contributed by atoms with Gasteiger partial charge in [0.25, 0.3) is 0 Å². The van der Waals surface area contributed by atoms with Gasteiger partial charge in [-0.15, -0.1) is 0 Å². The predicted octanol–water partition coefficient (Wildman–Crippen LogP) is 3.41. The number of benzene rings is 1. The van der Waals surface area contributed by atoms with Crippen LogP contribution in [0.4, 0.5) is 0 Å². The molecule has 0 saturated heterocycles. The van der Waals surface area contributed by atoms with E-state index in [4.69, 9.17) is 4.74 Å². The summed E-state index contributed by atoms with van der Waals surface area (Å²) in [6.45, 7) is 6.23. The average Bonchev–Trinajstić information content (AvgIpc) is 2.15. The van der Waals surface area contributed by atoms with Crippen LogP contribution in [0.1, 0.15) is 36.7 Å². The van der Waals surface area contributed by atoms with Crippen molar-refractivity contribution in [2.24, 2.45) is 0 Å². The minimum atomic E-state index is -0.0945. The van der Waals surface area contributed by atoms with Gasteiger partial charge < -0.3 is 4.74 Å². The van der Waals surface area contributed by atoms with E-state index in [-0.39, 0.29) is 5.41 Å². The van der Waals surface area contributed by atoms with Crippen LogP contribution in [0.2, 0.25) is 0 Å². The molecule has 1 aromatic carbocycles. The Morgan fingerprint density at radius 1 is 1.33 bits per heavy atom. The van der Waals surface area contributed by atoms with Crippen molar-refractivity contribution in [2.45, 2.75) is 26.2 Å². The second-order valence-electron chi connectivity index (χ2n) is 4.41. The number of methoxy groups -OCH3 is 1. The molecule has 0 radical (unpaired) electrons. The number of halogens is 1. The lowest BCUT2D eigenvalue weighted by atomic mass is 9.83. The lowest BCUT2D eigenvalue weighted by molar-refractivity contribution is 0.112. The van der Waals surface area contributed by atoms with Crippen LogP contribution in [0.5, 0.6) is 5.75 Å². The van der Waals surface area contributed by atoms with E-state index in [0.717, 1.165) is 21.2 Å². The van der Waals surface area contributed by atoms with Crippen molar-refractivity contribution >= 4 is 28.9 Å². The molecule has 0 saturated carbocycles. The molecule has 0 atom stereocenters. The maximum atomic E-state index is 11.0. The first-order valence-corrected chi connectivity index (χ1v) is 5.82. The molecule has 0 bridgehead atoms. The van der Waals surface area contributed by atoms with Crippen LogP contribution in [0.15, 0.2) is 12.1 Å². The Morgan fingerprint density at radius 2 is 1.93 bits per heavy atom. The first kappa shape index (κ1) is 12.5. The molecule has 3 heteroatoms. The molecule has 1 rings (SSSR count). The van der Waals surface area contributed by atoms with E-state index < -0.39 is 0 Å². The number of hydrogen-bond donors (Lipinski definition) is 0. The molecule has 0 aliphatic heterocycles. The normalized spacial score (nSPS) is 11.3. The standard InChI is InChI=1S/C12H15IO2/c1-12(2,3)10-8(7-14)5-6-9(13)11(10)15-4/h5-7H,1-4H3. The predicted molar refractivity (Wildman–Crippen MR) is 69.8 cm³/mol. The fourth-order valence-electron chi connectivity index (χ4n) is 1.64. The Morgan fingerprint density at radius 3 is 2.33 bits per heavy atom. The lowest BCUT2D eigenvalue weighted by Crippen LogP contribution is -2.16. The fraction of sp³-hybridized carbons (Fsp3) is 0.417. The van der Waals surface area contributed by atoms with Crippen LogP contribution >= 0.6 is 22.6 Å². The van der Waals surface area contributed by atoms with Gasteiger partial charge in [0.15, 0.2) is 0 Å². The number of rotatable bonds is 2. The van der Waals surface area contributed by atoms with Crippen molar-refractivity contribution in [3.63, 3.8) is 0 Å². The molecular formula is C12H15IO2. The van der Waals surface area contributed by atoms with Crippen LogP contribution in [0.3, 0.4) is 0 Å². The lowest BCUT2D eigenvalue weighted by Gasteiger charge is -2.24. The average molecular weight is 318 g/mol. The Balaban J connectivity index is 3.55. The SMILES string of the molecule is COc1c(I)ccc(C=O)c1C(C)(C)C. The zero-order valence-corrected chi connectivity index (χ0v) is 11.6. The summed E-state index contributed by atoms with van der Waals surface area (Å²) in [5.41, 5.74) is 1.59. The third kappa shape index (κ3) is 2.51. The van der Waals surface area contributed by atoms with Gasteiger partial charge in [0.1, 0.15) is 12.0 Å². The molecule has 0 unspecified atom stereocenters. The summed E-state index contributed by atoms with van der Waals surface area (Å²) in [5, 5.41) is 0. The summed E-state index contributed by atoms with van der Waals surface area (Å²) in [6, 6.07) is 3.75. The zero-order valence-electron chi connectivity index (χ0n) is 9.43. The molecule has 1 aromatic rings. The highest BCUT2D eigenvalue weighted by Gasteiger charge is 2.24. The first-order valence-electron chi connectivity index (χ1n) is 4.74. The highest BCUT2D eigenvalue weighted by Crippen LogP contribution is 2.36. The highest BCUT2D eigenvalue weighted by molar-refractivity contribution is 14.1. The number of hydrogen-bond acceptors (Lipinski definition) is 2. The molecule has 15 heavy (non-hydrogen) atoms. The van der Waals surface area contributed by atoms with Crippen molar-refractivity contribution in [3.8, 4) is 5.75 Å². The summed E-state index contributed by atoms with van der Waals surface area (Å²) >= 11 is 2.22. The maximum absolute atomic E-state index is 11.0. The Kier molecular flexibility index (Phi) is 3.76. The second-order valence-corrected chi connectivity index (χ2v) is 5.57. The van der Waals surface area contributed by atoms with Crippen LogP contribution < -0.4 is 4.74 Å². The van der Waals surface area contributed by atoms with Gasteiger partial charge >= 0.3 is 0 Å². The fourth-order valence-corrected chi connectivity index (χ4v) is 2.31. The second kappa shape index (κ2) is 4.51. The van der Waals surface area contributed by atoms with Crippen molar-refractivity contribution < 1.29 is 9.53 Å². The molecule has 0 aliphatic carbocycles. The monoisotopic (exact) mass is 318 g/mol. The zero-order chi connectivity index (χ0) is 11.6. The van der Waals surface area contributed by atoms with Gasteiger partial charge in [-0.1, -0.05) is 26.8 Å². The van der Waals surface area contributed by atoms with Crippen LogP contribution in [0, 0.1) is 3.57 Å². The molecular weight excluding hydrogens is 303 g/mol. The largest absolute Gasteiger partial charge is 0.495 e. The van der Waals surface area contributed by atoms with Crippen molar-refractivity contribution in [1.29, 1.82) is 0 Å². The smallest absolute Gasteiger partial charge is 0.150 e. The maximum Gasteiger partial charge on any atom is 0.150 e. The summed E-state index contributed by atoms with van der Waals surface area (Å²) in [7, 11) is 1.64. The third-order valence-corrected chi connectivity index (χ3v) is 3.07.